The summed E-state index contributed by atoms with van der Waals surface area (Å²) in [4.78, 5) is 0. The molecule has 1 aliphatic rings. The lowest BCUT2D eigenvalue weighted by Crippen LogP contribution is -2.44. The van der Waals surface area contributed by atoms with Gasteiger partial charge in [-0.1, -0.05) is 25.0 Å². The van der Waals surface area contributed by atoms with E-state index < -0.39 is 10.0 Å². The Morgan fingerprint density at radius 1 is 1.26 bits per heavy atom. The Hall–Kier alpha value is -1.58. The first-order valence-electron chi connectivity index (χ1n) is 8.12. The number of nitrogens with one attached hydrogen (secondary N) is 1. The van der Waals surface area contributed by atoms with Crippen LogP contribution < -0.4 is 9.46 Å². The monoisotopic (exact) mass is 336 g/mol. The maximum absolute atomic E-state index is 11.8. The van der Waals surface area contributed by atoms with Crippen LogP contribution in [0.4, 0.5) is 0 Å². The van der Waals surface area contributed by atoms with Crippen molar-refractivity contribution in [1.29, 1.82) is 5.26 Å². The average Bonchev–Trinajstić information content (AvgIpc) is 2.55. The van der Waals surface area contributed by atoms with E-state index in [0.717, 1.165) is 37.0 Å². The van der Waals surface area contributed by atoms with E-state index in [1.165, 1.54) is 0 Å². The van der Waals surface area contributed by atoms with Gasteiger partial charge in [-0.2, -0.15) is 5.26 Å². The number of nitrogens with zero attached hydrogens (tertiary/aromatic N) is 1. The molecule has 1 fully saturated rings. The molecular formula is C17H24N2O3S. The molecule has 1 aromatic carbocycles. The molecule has 126 valence electrons. The first-order chi connectivity index (χ1) is 11.0. The van der Waals surface area contributed by atoms with Crippen LogP contribution in [0.25, 0.3) is 0 Å². The summed E-state index contributed by atoms with van der Waals surface area (Å²) in [7, 11) is -3.18. The van der Waals surface area contributed by atoms with Gasteiger partial charge in [0.15, 0.2) is 0 Å². The zero-order chi connectivity index (χ0) is 16.7. The Morgan fingerprint density at radius 3 is 2.61 bits per heavy atom. The van der Waals surface area contributed by atoms with Gasteiger partial charge < -0.3 is 4.74 Å². The van der Waals surface area contributed by atoms with Gasteiger partial charge in [0.2, 0.25) is 10.0 Å². The molecule has 0 amide bonds. The normalized spacial score (nSPS) is 21.6. The van der Waals surface area contributed by atoms with E-state index >= 15 is 0 Å². The van der Waals surface area contributed by atoms with E-state index in [2.05, 4.69) is 10.8 Å². The third-order valence-corrected chi connectivity index (χ3v) is 5.71. The molecule has 1 N–H and O–H groups in total. The molecule has 1 saturated carbocycles. The first kappa shape index (κ1) is 17.8. The van der Waals surface area contributed by atoms with Crippen LogP contribution in [0.3, 0.4) is 0 Å². The second kappa shape index (κ2) is 8.32. The van der Waals surface area contributed by atoms with Crippen LogP contribution in [0, 0.1) is 17.2 Å². The number of nitriles is 1. The molecule has 23 heavy (non-hydrogen) atoms. The Bertz CT molecular complexity index is 635. The highest BCUT2D eigenvalue weighted by molar-refractivity contribution is 7.89. The average molecular weight is 336 g/mol. The molecule has 0 saturated heterocycles. The zero-order valence-corrected chi connectivity index (χ0v) is 14.3. The highest BCUT2D eigenvalue weighted by atomic mass is 32.2. The van der Waals surface area contributed by atoms with Crippen molar-refractivity contribution in [2.75, 3.05) is 12.4 Å². The van der Waals surface area contributed by atoms with Gasteiger partial charge in [-0.25, -0.2) is 13.1 Å². The van der Waals surface area contributed by atoms with Crippen molar-refractivity contribution < 1.29 is 13.2 Å². The summed E-state index contributed by atoms with van der Waals surface area (Å²) >= 11 is 0. The van der Waals surface area contributed by atoms with Gasteiger partial charge in [0.1, 0.15) is 5.75 Å². The van der Waals surface area contributed by atoms with Crippen LogP contribution >= 0.6 is 0 Å². The third-order valence-electron chi connectivity index (χ3n) is 4.29. The maximum Gasteiger partial charge on any atom is 0.211 e. The van der Waals surface area contributed by atoms with Crippen molar-refractivity contribution >= 4 is 10.0 Å². The Balaban J connectivity index is 1.92. The minimum atomic E-state index is -3.18. The molecular weight excluding hydrogens is 312 g/mol. The fourth-order valence-electron chi connectivity index (χ4n) is 2.87. The highest BCUT2D eigenvalue weighted by Crippen LogP contribution is 2.26. The van der Waals surface area contributed by atoms with E-state index in [9.17, 15) is 8.42 Å². The minimum absolute atomic E-state index is 0.0356. The summed E-state index contributed by atoms with van der Waals surface area (Å²) in [5.41, 5.74) is 0.964. The first-order valence-corrected chi connectivity index (χ1v) is 9.78. The lowest BCUT2D eigenvalue weighted by Gasteiger charge is -2.31. The summed E-state index contributed by atoms with van der Waals surface area (Å²) in [6.45, 7) is 2.16. The lowest BCUT2D eigenvalue weighted by atomic mass is 9.86. The minimum Gasteiger partial charge on any atom is -0.493 e. The number of rotatable bonds is 7. The molecule has 0 aromatic heterocycles. The molecule has 0 aliphatic heterocycles. The number of hydrogen-bond donors (Lipinski definition) is 1. The highest BCUT2D eigenvalue weighted by Gasteiger charge is 2.28. The van der Waals surface area contributed by atoms with E-state index in [4.69, 9.17) is 10.00 Å². The molecule has 0 unspecified atom stereocenters. The van der Waals surface area contributed by atoms with Crippen LogP contribution in [-0.2, 0) is 16.4 Å². The van der Waals surface area contributed by atoms with Gasteiger partial charge in [-0.3, -0.25) is 0 Å². The topological polar surface area (TPSA) is 79.2 Å². The number of hydrogen-bond acceptors (Lipinski definition) is 4. The van der Waals surface area contributed by atoms with E-state index in [0.29, 0.717) is 13.0 Å². The van der Waals surface area contributed by atoms with Crippen molar-refractivity contribution in [2.24, 2.45) is 5.92 Å². The number of benzene rings is 1. The second-order valence-electron chi connectivity index (χ2n) is 5.96. The largest absolute Gasteiger partial charge is 0.493 e. The van der Waals surface area contributed by atoms with Crippen molar-refractivity contribution in [2.45, 2.75) is 45.1 Å². The summed E-state index contributed by atoms with van der Waals surface area (Å²) in [6.07, 6.45) is 4.40. The molecule has 2 rings (SSSR count). The van der Waals surface area contributed by atoms with E-state index in [1.54, 1.807) is 6.92 Å². The second-order valence-corrected chi connectivity index (χ2v) is 8.00. The molecule has 5 nitrogen and oxygen atoms in total. The van der Waals surface area contributed by atoms with E-state index in [-0.39, 0.29) is 17.7 Å². The Kier molecular flexibility index (Phi) is 6.43. The van der Waals surface area contributed by atoms with Gasteiger partial charge in [0.05, 0.1) is 24.8 Å². The van der Waals surface area contributed by atoms with Gasteiger partial charge in [-0.15, -0.1) is 0 Å². The van der Waals surface area contributed by atoms with Crippen LogP contribution in [0.15, 0.2) is 24.3 Å². The van der Waals surface area contributed by atoms with Crippen molar-refractivity contribution in [3.8, 4) is 11.8 Å². The van der Waals surface area contributed by atoms with Crippen molar-refractivity contribution in [3.05, 3.63) is 29.8 Å². The Morgan fingerprint density at radius 2 is 1.96 bits per heavy atom. The van der Waals surface area contributed by atoms with Crippen LogP contribution in [0.1, 0.15) is 38.2 Å². The van der Waals surface area contributed by atoms with Gasteiger partial charge >= 0.3 is 0 Å². The molecule has 1 aromatic rings. The number of ether oxygens (including phenoxy) is 1. The predicted octanol–water partition coefficient (Wildman–Crippen LogP) is 2.63. The van der Waals surface area contributed by atoms with Crippen LogP contribution in [0.5, 0.6) is 5.75 Å². The third kappa shape index (κ3) is 5.52. The summed E-state index contributed by atoms with van der Waals surface area (Å²) in [5.74, 6) is 1.07. The lowest BCUT2D eigenvalue weighted by molar-refractivity contribution is 0.180. The summed E-state index contributed by atoms with van der Waals surface area (Å²) in [5, 5.41) is 8.67. The molecule has 0 bridgehead atoms. The zero-order valence-electron chi connectivity index (χ0n) is 13.5. The standard InChI is InChI=1S/C17H24N2O3S/c1-2-23(20,21)19-17-6-4-3-5-15(17)13-22-16-9-7-14(8-10-16)11-12-18/h7-10,15,17,19H,2-6,11,13H2,1H3/t15-,17+/m0/s1. The van der Waals surface area contributed by atoms with Gasteiger partial charge in [0, 0.05) is 12.0 Å². The van der Waals surface area contributed by atoms with Gasteiger partial charge in [0.25, 0.3) is 0 Å². The van der Waals surface area contributed by atoms with Crippen LogP contribution in [-0.4, -0.2) is 26.8 Å². The molecule has 0 radical (unpaired) electrons. The fraction of sp³-hybridized carbons (Fsp3) is 0.588. The molecule has 0 spiro atoms. The van der Waals surface area contributed by atoms with Crippen molar-refractivity contribution in [1.82, 2.24) is 4.72 Å². The fourth-order valence-corrected chi connectivity index (χ4v) is 3.81. The van der Waals surface area contributed by atoms with Crippen LogP contribution in [0.2, 0.25) is 0 Å². The summed E-state index contributed by atoms with van der Waals surface area (Å²) in [6, 6.07) is 9.57. The molecule has 2 atom stereocenters. The molecule has 1 aliphatic carbocycles. The Labute approximate surface area is 138 Å². The smallest absolute Gasteiger partial charge is 0.211 e. The predicted molar refractivity (Wildman–Crippen MR) is 89.6 cm³/mol. The quantitative estimate of drug-likeness (QED) is 0.830. The summed E-state index contributed by atoms with van der Waals surface area (Å²) < 4.78 is 32.3. The van der Waals surface area contributed by atoms with E-state index in [1.807, 2.05) is 24.3 Å². The van der Waals surface area contributed by atoms with Crippen molar-refractivity contribution in [3.63, 3.8) is 0 Å². The maximum atomic E-state index is 11.8. The molecule has 0 heterocycles. The molecule has 6 heteroatoms. The SMILES string of the molecule is CCS(=O)(=O)N[C@@H]1CCCC[C@H]1COc1ccc(CC#N)cc1. The number of sulfonamides is 1. The van der Waals surface area contributed by atoms with Gasteiger partial charge in [-0.05, 0) is 37.5 Å².